The maximum absolute atomic E-state index is 5.05. The number of hydrogen-bond donors (Lipinski definition) is 0. The third-order valence-electron chi connectivity index (χ3n) is 1.35. The predicted molar refractivity (Wildman–Crippen MR) is 41.7 cm³/mol. The number of rotatable bonds is 5. The molecule has 0 N–H and O–H groups in total. The van der Waals surface area contributed by atoms with Gasteiger partial charge in [-0.2, -0.15) is 0 Å². The zero-order valence-corrected chi connectivity index (χ0v) is 6.75. The van der Waals surface area contributed by atoms with Crippen molar-refractivity contribution in [3.05, 3.63) is 0 Å². The van der Waals surface area contributed by atoms with Crippen LogP contribution in [0.25, 0.3) is 0 Å². The van der Waals surface area contributed by atoms with E-state index in [9.17, 15) is 0 Å². The van der Waals surface area contributed by atoms with Gasteiger partial charge in [0, 0.05) is 0 Å². The second kappa shape index (κ2) is 4.18. The summed E-state index contributed by atoms with van der Waals surface area (Å²) in [5.74, 6) is 1.29. The first-order valence-corrected chi connectivity index (χ1v) is 4.71. The molecule has 1 aliphatic rings. The van der Waals surface area contributed by atoms with Crippen LogP contribution in [0.1, 0.15) is 26.2 Å². The van der Waals surface area contributed by atoms with Crippen LogP contribution in [0.4, 0.5) is 0 Å². The maximum Gasteiger partial charge on any atom is 0.126 e. The van der Waals surface area contributed by atoms with Gasteiger partial charge in [0.15, 0.2) is 0 Å². The lowest BCUT2D eigenvalue weighted by atomic mass is 10.3. The molecule has 0 spiro atoms. The van der Waals surface area contributed by atoms with Gasteiger partial charge in [-0.15, -0.1) is 11.8 Å². The van der Waals surface area contributed by atoms with Gasteiger partial charge in [-0.25, -0.2) is 0 Å². The molecule has 0 bridgehead atoms. The molecule has 1 saturated heterocycles. The average Bonchev–Trinajstić information content (AvgIpc) is 2.63. The van der Waals surface area contributed by atoms with Crippen molar-refractivity contribution < 1.29 is 4.74 Å². The number of hydrogen-bond acceptors (Lipinski definition) is 2. The summed E-state index contributed by atoms with van der Waals surface area (Å²) in [4.78, 5) is 0. The van der Waals surface area contributed by atoms with Crippen molar-refractivity contribution in [2.45, 2.75) is 31.6 Å². The minimum Gasteiger partial charge on any atom is -0.362 e. The molecular weight excluding hydrogens is 132 g/mol. The zero-order chi connectivity index (χ0) is 6.53. The highest BCUT2D eigenvalue weighted by atomic mass is 32.2. The maximum atomic E-state index is 5.05. The van der Waals surface area contributed by atoms with Gasteiger partial charge in [0.25, 0.3) is 0 Å². The molecule has 0 aromatic carbocycles. The van der Waals surface area contributed by atoms with Gasteiger partial charge in [-0.3, -0.25) is 0 Å². The van der Waals surface area contributed by atoms with E-state index in [1.165, 1.54) is 25.0 Å². The molecule has 1 nitrogen and oxygen atoms in total. The van der Waals surface area contributed by atoms with Crippen LogP contribution < -0.4 is 0 Å². The van der Waals surface area contributed by atoms with E-state index in [4.69, 9.17) is 4.74 Å². The molecule has 0 radical (unpaired) electrons. The Morgan fingerprint density at radius 2 is 2.33 bits per heavy atom. The molecule has 0 saturated carbocycles. The van der Waals surface area contributed by atoms with Crippen molar-refractivity contribution >= 4 is 11.8 Å². The molecule has 0 amide bonds. The first kappa shape index (κ1) is 7.42. The molecule has 1 aliphatic heterocycles. The van der Waals surface area contributed by atoms with Gasteiger partial charge in [-0.1, -0.05) is 19.8 Å². The molecule has 1 heterocycles. The normalized spacial score (nSPS) is 24.3. The van der Waals surface area contributed by atoms with Crippen molar-refractivity contribution in [3.63, 3.8) is 0 Å². The van der Waals surface area contributed by atoms with Gasteiger partial charge in [0.1, 0.15) is 5.44 Å². The molecule has 9 heavy (non-hydrogen) atoms. The van der Waals surface area contributed by atoms with Crippen molar-refractivity contribution in [1.82, 2.24) is 0 Å². The Morgan fingerprint density at radius 3 is 2.89 bits per heavy atom. The summed E-state index contributed by atoms with van der Waals surface area (Å²) >= 11 is 1.96. The van der Waals surface area contributed by atoms with E-state index in [2.05, 4.69) is 6.92 Å². The summed E-state index contributed by atoms with van der Waals surface area (Å²) < 4.78 is 5.05. The molecule has 54 valence electrons. The smallest absolute Gasteiger partial charge is 0.126 e. The summed E-state index contributed by atoms with van der Waals surface area (Å²) in [5, 5.41) is 0. The van der Waals surface area contributed by atoms with Crippen LogP contribution in [0.3, 0.4) is 0 Å². The molecule has 1 fully saturated rings. The van der Waals surface area contributed by atoms with Crippen molar-refractivity contribution in [1.29, 1.82) is 0 Å². The predicted octanol–water partition coefficient (Wildman–Crippen LogP) is 2.27. The van der Waals surface area contributed by atoms with Crippen LogP contribution in [-0.4, -0.2) is 17.8 Å². The average molecular weight is 146 g/mol. The fourth-order valence-electron chi connectivity index (χ4n) is 0.702. The second-order valence-electron chi connectivity index (χ2n) is 2.34. The fourth-order valence-corrected chi connectivity index (χ4v) is 1.61. The Bertz CT molecular complexity index is 71.3. The van der Waals surface area contributed by atoms with Crippen molar-refractivity contribution in [2.75, 3.05) is 12.4 Å². The van der Waals surface area contributed by atoms with E-state index in [0.29, 0.717) is 5.44 Å². The van der Waals surface area contributed by atoms with Gasteiger partial charge < -0.3 is 4.74 Å². The highest BCUT2D eigenvalue weighted by molar-refractivity contribution is 7.99. The minimum atomic E-state index is 0.571. The number of ether oxygens (including phenoxy) is 1. The van der Waals surface area contributed by atoms with Gasteiger partial charge in [0.2, 0.25) is 0 Å². The van der Waals surface area contributed by atoms with Crippen LogP contribution in [0.15, 0.2) is 0 Å². The van der Waals surface area contributed by atoms with Gasteiger partial charge >= 0.3 is 0 Å². The Labute approximate surface area is 61.2 Å². The SMILES string of the molecule is CCCCCSC1CO1. The largest absolute Gasteiger partial charge is 0.362 e. The molecule has 0 aromatic rings. The lowest BCUT2D eigenvalue weighted by Crippen LogP contribution is -1.82. The molecule has 2 heteroatoms. The van der Waals surface area contributed by atoms with Crippen LogP contribution in [0.2, 0.25) is 0 Å². The van der Waals surface area contributed by atoms with Crippen molar-refractivity contribution in [3.8, 4) is 0 Å². The van der Waals surface area contributed by atoms with Crippen molar-refractivity contribution in [2.24, 2.45) is 0 Å². The Hall–Kier alpha value is 0.310. The number of thioether (sulfide) groups is 1. The quantitative estimate of drug-likeness (QED) is 0.436. The Kier molecular flexibility index (Phi) is 3.44. The lowest BCUT2D eigenvalue weighted by molar-refractivity contribution is 0.460. The van der Waals surface area contributed by atoms with Crippen LogP contribution in [0, 0.1) is 0 Å². The highest BCUT2D eigenvalue weighted by Gasteiger charge is 2.21. The van der Waals surface area contributed by atoms with Crippen LogP contribution in [0.5, 0.6) is 0 Å². The lowest BCUT2D eigenvalue weighted by Gasteiger charge is -1.94. The number of epoxide rings is 1. The Balaban J connectivity index is 1.71. The summed E-state index contributed by atoms with van der Waals surface area (Å²) in [6.45, 7) is 3.23. The van der Waals surface area contributed by atoms with Gasteiger partial charge in [-0.05, 0) is 12.2 Å². The van der Waals surface area contributed by atoms with E-state index < -0.39 is 0 Å². The standard InChI is InChI=1S/C7H14OS/c1-2-3-4-5-9-7-6-8-7/h7H,2-6H2,1H3. The molecule has 1 atom stereocenters. The number of unbranched alkanes of at least 4 members (excludes halogenated alkanes) is 2. The topological polar surface area (TPSA) is 12.5 Å². The summed E-state index contributed by atoms with van der Waals surface area (Å²) in [5.41, 5.74) is 0.571. The minimum absolute atomic E-state index is 0.571. The van der Waals surface area contributed by atoms with Crippen LogP contribution >= 0.6 is 11.8 Å². The first-order valence-electron chi connectivity index (χ1n) is 3.66. The molecule has 1 rings (SSSR count). The first-order chi connectivity index (χ1) is 4.43. The van der Waals surface area contributed by atoms with E-state index in [1.807, 2.05) is 11.8 Å². The van der Waals surface area contributed by atoms with E-state index >= 15 is 0 Å². The second-order valence-corrected chi connectivity index (χ2v) is 3.61. The molecular formula is C7H14OS. The Morgan fingerprint density at radius 1 is 1.56 bits per heavy atom. The van der Waals surface area contributed by atoms with E-state index in [1.54, 1.807) is 0 Å². The molecule has 0 aliphatic carbocycles. The third kappa shape index (κ3) is 3.82. The van der Waals surface area contributed by atoms with Crippen LogP contribution in [-0.2, 0) is 4.74 Å². The summed E-state index contributed by atoms with van der Waals surface area (Å²) in [6.07, 6.45) is 4.06. The zero-order valence-electron chi connectivity index (χ0n) is 5.93. The summed E-state index contributed by atoms with van der Waals surface area (Å²) in [7, 11) is 0. The van der Waals surface area contributed by atoms with E-state index in [0.717, 1.165) is 6.61 Å². The molecule has 0 aromatic heterocycles. The highest BCUT2D eigenvalue weighted by Crippen LogP contribution is 2.24. The van der Waals surface area contributed by atoms with Gasteiger partial charge in [0.05, 0.1) is 6.61 Å². The van der Waals surface area contributed by atoms with E-state index in [-0.39, 0.29) is 0 Å². The fraction of sp³-hybridized carbons (Fsp3) is 1.00. The summed E-state index contributed by atoms with van der Waals surface area (Å²) in [6, 6.07) is 0. The monoisotopic (exact) mass is 146 g/mol. The third-order valence-corrected chi connectivity index (χ3v) is 2.52. The molecule has 1 unspecified atom stereocenters.